The number of ether oxygens (including phenoxy) is 1. The summed E-state index contributed by atoms with van der Waals surface area (Å²) < 4.78 is 5.33. The van der Waals surface area contributed by atoms with Gasteiger partial charge in [-0.25, -0.2) is 9.78 Å². The Kier molecular flexibility index (Phi) is 5.09. The van der Waals surface area contributed by atoms with Gasteiger partial charge in [0.05, 0.1) is 16.8 Å². The second kappa shape index (κ2) is 6.83. The Labute approximate surface area is 129 Å². The third-order valence-corrected chi connectivity index (χ3v) is 3.34. The van der Waals surface area contributed by atoms with Crippen molar-refractivity contribution < 1.29 is 9.53 Å². The molecule has 0 aliphatic heterocycles. The van der Waals surface area contributed by atoms with Crippen LogP contribution in [0.15, 0.2) is 35.2 Å². The first-order valence-corrected chi connectivity index (χ1v) is 7.78. The van der Waals surface area contributed by atoms with E-state index in [0.29, 0.717) is 5.56 Å². The maximum atomic E-state index is 11.9. The Balaban J connectivity index is 1.85. The van der Waals surface area contributed by atoms with Crippen molar-refractivity contribution in [2.45, 2.75) is 39.5 Å². The van der Waals surface area contributed by atoms with Gasteiger partial charge in [-0.1, -0.05) is 12.1 Å². The number of hydrogen-bond acceptors (Lipinski definition) is 5. The van der Waals surface area contributed by atoms with Gasteiger partial charge in [0.2, 0.25) is 0 Å². The molecule has 0 amide bonds. The van der Waals surface area contributed by atoms with Crippen molar-refractivity contribution in [3.63, 3.8) is 0 Å². The van der Waals surface area contributed by atoms with Gasteiger partial charge >= 0.3 is 5.97 Å². The molecule has 0 bridgehead atoms. The second-order valence-corrected chi connectivity index (χ2v) is 6.50. The van der Waals surface area contributed by atoms with Gasteiger partial charge < -0.3 is 10.1 Å². The number of hydrogen-bond donors (Lipinski definition) is 1. The van der Waals surface area contributed by atoms with Crippen molar-refractivity contribution in [3.8, 4) is 0 Å². The Hall–Kier alpha value is -1.72. The van der Waals surface area contributed by atoms with Crippen LogP contribution < -0.4 is 5.32 Å². The molecule has 4 nitrogen and oxygen atoms in total. The fourth-order valence-corrected chi connectivity index (χ4v) is 2.31. The van der Waals surface area contributed by atoms with Crippen LogP contribution in [0.3, 0.4) is 0 Å². The Morgan fingerprint density at radius 2 is 1.95 bits per heavy atom. The molecule has 5 heteroatoms. The van der Waals surface area contributed by atoms with Crippen LogP contribution in [-0.2, 0) is 17.8 Å². The lowest BCUT2D eigenvalue weighted by atomic mass is 10.1. The molecule has 0 saturated heterocycles. The molecule has 21 heavy (non-hydrogen) atoms. The summed E-state index contributed by atoms with van der Waals surface area (Å²) in [6.07, 6.45) is 0. The Morgan fingerprint density at radius 1 is 1.24 bits per heavy atom. The van der Waals surface area contributed by atoms with Crippen molar-refractivity contribution in [1.29, 1.82) is 0 Å². The maximum absolute atomic E-state index is 11.9. The molecule has 0 saturated carbocycles. The third-order valence-electron chi connectivity index (χ3n) is 2.71. The van der Waals surface area contributed by atoms with Gasteiger partial charge in [0.15, 0.2) is 0 Å². The van der Waals surface area contributed by atoms with Gasteiger partial charge in [-0.2, -0.15) is 0 Å². The summed E-state index contributed by atoms with van der Waals surface area (Å²) in [6.45, 7) is 7.08. The van der Waals surface area contributed by atoms with Gasteiger partial charge in [0.25, 0.3) is 0 Å². The van der Waals surface area contributed by atoms with E-state index in [9.17, 15) is 4.79 Å². The maximum Gasteiger partial charge on any atom is 0.338 e. The summed E-state index contributed by atoms with van der Waals surface area (Å²) in [5.41, 5.74) is 4.10. The van der Waals surface area contributed by atoms with Crippen LogP contribution in [0.25, 0.3) is 0 Å². The van der Waals surface area contributed by atoms with E-state index >= 15 is 0 Å². The molecular weight excluding hydrogens is 284 g/mol. The van der Waals surface area contributed by atoms with Crippen LogP contribution >= 0.6 is 11.3 Å². The predicted molar refractivity (Wildman–Crippen MR) is 84.3 cm³/mol. The Bertz CT molecular complexity index is 571. The number of nitrogens with zero attached hydrogens (tertiary/aromatic N) is 1. The Morgan fingerprint density at radius 3 is 2.52 bits per heavy atom. The highest BCUT2D eigenvalue weighted by molar-refractivity contribution is 7.07. The zero-order valence-electron chi connectivity index (χ0n) is 12.6. The van der Waals surface area contributed by atoms with Crippen LogP contribution in [-0.4, -0.2) is 16.6 Å². The first-order chi connectivity index (χ1) is 9.94. The van der Waals surface area contributed by atoms with Crippen LogP contribution in [0, 0.1) is 0 Å². The van der Waals surface area contributed by atoms with E-state index in [1.54, 1.807) is 23.5 Å². The molecule has 2 rings (SSSR count). The molecule has 1 N–H and O–H groups in total. The summed E-state index contributed by atoms with van der Waals surface area (Å²) in [6, 6.07) is 7.47. The minimum absolute atomic E-state index is 0.288. The number of esters is 1. The van der Waals surface area contributed by atoms with E-state index in [1.807, 2.05) is 43.8 Å². The zero-order chi connectivity index (χ0) is 15.3. The second-order valence-electron chi connectivity index (χ2n) is 5.78. The largest absolute Gasteiger partial charge is 0.456 e. The average Bonchev–Trinajstić information content (AvgIpc) is 2.91. The molecule has 0 spiro atoms. The number of nitrogens with one attached hydrogen (secondary N) is 1. The van der Waals surface area contributed by atoms with Crippen molar-refractivity contribution in [2.75, 3.05) is 0 Å². The van der Waals surface area contributed by atoms with Gasteiger partial charge in [-0.05, 0) is 38.5 Å². The van der Waals surface area contributed by atoms with Gasteiger partial charge in [0, 0.05) is 18.5 Å². The fourth-order valence-electron chi connectivity index (χ4n) is 1.76. The van der Waals surface area contributed by atoms with Gasteiger partial charge in [-0.3, -0.25) is 0 Å². The molecule has 0 fully saturated rings. The van der Waals surface area contributed by atoms with E-state index in [1.165, 1.54) is 0 Å². The van der Waals surface area contributed by atoms with E-state index in [0.717, 1.165) is 24.3 Å². The van der Waals surface area contributed by atoms with Crippen LogP contribution in [0.2, 0.25) is 0 Å². The highest BCUT2D eigenvalue weighted by atomic mass is 32.1. The lowest BCUT2D eigenvalue weighted by molar-refractivity contribution is 0.00695. The topological polar surface area (TPSA) is 51.2 Å². The summed E-state index contributed by atoms with van der Waals surface area (Å²) >= 11 is 1.59. The standard InChI is InChI=1S/C16H20N2O2S/c1-16(2,3)20-15(19)13-6-4-12(5-7-13)8-17-9-14-10-21-11-18-14/h4-7,10-11,17H,8-9H2,1-3H3. The van der Waals surface area contributed by atoms with Crippen molar-refractivity contribution in [1.82, 2.24) is 10.3 Å². The molecule has 112 valence electrons. The van der Waals surface area contributed by atoms with Gasteiger partial charge in [-0.15, -0.1) is 11.3 Å². The number of benzene rings is 1. The smallest absolute Gasteiger partial charge is 0.338 e. The summed E-state index contributed by atoms with van der Waals surface area (Å²) in [4.78, 5) is 16.1. The molecular formula is C16H20N2O2S. The summed E-state index contributed by atoms with van der Waals surface area (Å²) in [7, 11) is 0. The normalized spacial score (nSPS) is 11.4. The highest BCUT2D eigenvalue weighted by Crippen LogP contribution is 2.13. The molecule has 0 aliphatic rings. The molecule has 1 heterocycles. The monoisotopic (exact) mass is 304 g/mol. The lowest BCUT2D eigenvalue weighted by Crippen LogP contribution is -2.23. The number of rotatable bonds is 5. The molecule has 0 atom stereocenters. The fraction of sp³-hybridized carbons (Fsp3) is 0.375. The number of carbonyl (C=O) groups excluding carboxylic acids is 1. The molecule has 1 aromatic heterocycles. The van der Waals surface area contributed by atoms with Crippen molar-refractivity contribution >= 4 is 17.3 Å². The van der Waals surface area contributed by atoms with Crippen LogP contribution in [0.5, 0.6) is 0 Å². The van der Waals surface area contributed by atoms with E-state index < -0.39 is 5.60 Å². The van der Waals surface area contributed by atoms with E-state index in [2.05, 4.69) is 10.3 Å². The minimum atomic E-state index is -0.467. The predicted octanol–water partition coefficient (Wildman–Crippen LogP) is 3.39. The minimum Gasteiger partial charge on any atom is -0.456 e. The molecule has 0 radical (unpaired) electrons. The third kappa shape index (κ3) is 5.28. The van der Waals surface area contributed by atoms with Gasteiger partial charge in [0.1, 0.15) is 5.60 Å². The number of carbonyl (C=O) groups is 1. The van der Waals surface area contributed by atoms with E-state index in [4.69, 9.17) is 4.74 Å². The molecule has 0 aliphatic carbocycles. The SMILES string of the molecule is CC(C)(C)OC(=O)c1ccc(CNCc2cscn2)cc1. The quantitative estimate of drug-likeness (QED) is 0.860. The first-order valence-electron chi connectivity index (χ1n) is 6.84. The van der Waals surface area contributed by atoms with Crippen LogP contribution in [0.1, 0.15) is 42.4 Å². The average molecular weight is 304 g/mol. The van der Waals surface area contributed by atoms with Crippen molar-refractivity contribution in [3.05, 3.63) is 52.0 Å². The van der Waals surface area contributed by atoms with E-state index in [-0.39, 0.29) is 5.97 Å². The lowest BCUT2D eigenvalue weighted by Gasteiger charge is -2.19. The number of aromatic nitrogens is 1. The zero-order valence-corrected chi connectivity index (χ0v) is 13.4. The highest BCUT2D eigenvalue weighted by Gasteiger charge is 2.17. The molecule has 1 aromatic carbocycles. The van der Waals surface area contributed by atoms with Crippen LogP contribution in [0.4, 0.5) is 0 Å². The first kappa shape index (κ1) is 15.7. The summed E-state index contributed by atoms with van der Waals surface area (Å²) in [5, 5.41) is 5.35. The summed E-state index contributed by atoms with van der Waals surface area (Å²) in [5.74, 6) is -0.288. The molecule has 2 aromatic rings. The molecule has 0 unspecified atom stereocenters. The van der Waals surface area contributed by atoms with Crippen molar-refractivity contribution in [2.24, 2.45) is 0 Å². The number of thiazole rings is 1.